The van der Waals surface area contributed by atoms with E-state index in [9.17, 15) is 14.4 Å². The van der Waals surface area contributed by atoms with Crippen molar-refractivity contribution in [3.05, 3.63) is 64.7 Å². The molecule has 0 bridgehead atoms. The predicted octanol–water partition coefficient (Wildman–Crippen LogP) is 3.92. The van der Waals surface area contributed by atoms with Crippen LogP contribution in [0.3, 0.4) is 0 Å². The summed E-state index contributed by atoms with van der Waals surface area (Å²) in [6.45, 7) is 3.82. The van der Waals surface area contributed by atoms with E-state index in [0.29, 0.717) is 17.7 Å². The second-order valence-electron chi connectivity index (χ2n) is 6.38. The third-order valence-corrected chi connectivity index (χ3v) is 4.14. The van der Waals surface area contributed by atoms with Crippen molar-refractivity contribution in [1.82, 2.24) is 0 Å². The van der Waals surface area contributed by atoms with Gasteiger partial charge in [0.1, 0.15) is 0 Å². The van der Waals surface area contributed by atoms with E-state index >= 15 is 0 Å². The van der Waals surface area contributed by atoms with Crippen molar-refractivity contribution in [2.24, 2.45) is 0 Å². The van der Waals surface area contributed by atoms with Crippen molar-refractivity contribution in [2.75, 3.05) is 5.32 Å². The number of nitrogens with one attached hydrogen (secondary N) is 1. The first-order valence-electron chi connectivity index (χ1n) is 8.56. The molecule has 2 aromatic rings. The highest BCUT2D eigenvalue weighted by Crippen LogP contribution is 2.15. The molecule has 0 heterocycles. The monoisotopic (exact) mass is 353 g/mol. The summed E-state index contributed by atoms with van der Waals surface area (Å²) in [5, 5.41) is 11.4. The fourth-order valence-corrected chi connectivity index (χ4v) is 2.63. The molecule has 26 heavy (non-hydrogen) atoms. The molecule has 2 N–H and O–H groups in total. The summed E-state index contributed by atoms with van der Waals surface area (Å²) in [7, 11) is 0. The largest absolute Gasteiger partial charge is 0.481 e. The van der Waals surface area contributed by atoms with Crippen LogP contribution in [-0.4, -0.2) is 22.8 Å². The number of carbonyl (C=O) groups excluding carboxylic acids is 2. The lowest BCUT2D eigenvalue weighted by molar-refractivity contribution is -0.137. The first-order valence-corrected chi connectivity index (χ1v) is 8.56. The van der Waals surface area contributed by atoms with Crippen LogP contribution in [0.4, 0.5) is 5.69 Å². The summed E-state index contributed by atoms with van der Waals surface area (Å²) in [6.07, 6.45) is 0.805. The maximum Gasteiger partial charge on any atom is 0.303 e. The summed E-state index contributed by atoms with van der Waals surface area (Å²) in [5.41, 5.74) is 4.13. The Hall–Kier alpha value is -2.95. The Morgan fingerprint density at radius 3 is 2.27 bits per heavy atom. The molecule has 2 rings (SSSR count). The Morgan fingerprint density at radius 1 is 0.923 bits per heavy atom. The summed E-state index contributed by atoms with van der Waals surface area (Å²) < 4.78 is 0. The van der Waals surface area contributed by atoms with E-state index in [4.69, 9.17) is 5.11 Å². The van der Waals surface area contributed by atoms with Gasteiger partial charge in [0, 0.05) is 30.5 Å². The number of ketones is 1. The lowest BCUT2D eigenvalue weighted by Gasteiger charge is -2.08. The Kier molecular flexibility index (Phi) is 6.67. The smallest absolute Gasteiger partial charge is 0.303 e. The van der Waals surface area contributed by atoms with E-state index in [0.717, 1.165) is 16.7 Å². The van der Waals surface area contributed by atoms with Crippen molar-refractivity contribution < 1.29 is 19.5 Å². The van der Waals surface area contributed by atoms with Gasteiger partial charge in [-0.05, 0) is 49.6 Å². The van der Waals surface area contributed by atoms with Crippen LogP contribution in [0.25, 0.3) is 0 Å². The topological polar surface area (TPSA) is 83.5 Å². The average molecular weight is 353 g/mol. The first kappa shape index (κ1) is 19.4. The Labute approximate surface area is 153 Å². The highest BCUT2D eigenvalue weighted by atomic mass is 16.4. The molecule has 2 aromatic carbocycles. The minimum Gasteiger partial charge on any atom is -0.481 e. The highest BCUT2D eigenvalue weighted by Gasteiger charge is 2.12. The van der Waals surface area contributed by atoms with Crippen LogP contribution in [0.1, 0.15) is 46.3 Å². The molecule has 0 fully saturated rings. The van der Waals surface area contributed by atoms with Crippen molar-refractivity contribution >= 4 is 23.3 Å². The molecule has 0 aliphatic rings. The number of hydrogen-bond acceptors (Lipinski definition) is 3. The van der Waals surface area contributed by atoms with Crippen LogP contribution in [0.5, 0.6) is 0 Å². The van der Waals surface area contributed by atoms with Gasteiger partial charge >= 0.3 is 5.97 Å². The molecule has 0 unspecified atom stereocenters. The van der Waals surface area contributed by atoms with E-state index in [2.05, 4.69) is 5.32 Å². The molecule has 5 heteroatoms. The van der Waals surface area contributed by atoms with Crippen molar-refractivity contribution in [1.29, 1.82) is 0 Å². The van der Waals surface area contributed by atoms with E-state index < -0.39 is 5.97 Å². The summed E-state index contributed by atoms with van der Waals surface area (Å²) in [5.74, 6) is -1.09. The van der Waals surface area contributed by atoms with Gasteiger partial charge in [0.2, 0.25) is 5.91 Å². The van der Waals surface area contributed by atoms with Gasteiger partial charge in [0.15, 0.2) is 5.78 Å². The number of amides is 1. The number of hydrogen-bond donors (Lipinski definition) is 2. The van der Waals surface area contributed by atoms with Crippen LogP contribution in [-0.2, 0) is 16.0 Å². The van der Waals surface area contributed by atoms with Gasteiger partial charge in [-0.15, -0.1) is 0 Å². The lowest BCUT2D eigenvalue weighted by Crippen LogP contribution is -2.14. The van der Waals surface area contributed by atoms with Gasteiger partial charge in [-0.3, -0.25) is 14.4 Å². The van der Waals surface area contributed by atoms with E-state index in [1.165, 1.54) is 0 Å². The van der Waals surface area contributed by atoms with Crippen LogP contribution in [0.15, 0.2) is 42.5 Å². The second-order valence-corrected chi connectivity index (χ2v) is 6.38. The van der Waals surface area contributed by atoms with Crippen molar-refractivity contribution in [3.8, 4) is 0 Å². The van der Waals surface area contributed by atoms with Crippen LogP contribution in [0, 0.1) is 13.8 Å². The number of aliphatic carboxylic acids is 1. The van der Waals surface area contributed by atoms with Gasteiger partial charge < -0.3 is 10.4 Å². The molecule has 0 atom stereocenters. The minimum atomic E-state index is -0.837. The first-order chi connectivity index (χ1) is 12.3. The fourth-order valence-electron chi connectivity index (χ4n) is 2.63. The number of carbonyl (C=O) groups is 3. The van der Waals surface area contributed by atoms with Crippen LogP contribution < -0.4 is 5.32 Å². The molecule has 1 amide bonds. The van der Waals surface area contributed by atoms with Crippen molar-refractivity contribution in [3.63, 3.8) is 0 Å². The van der Waals surface area contributed by atoms with E-state index in [1.54, 1.807) is 24.3 Å². The average Bonchev–Trinajstić information content (AvgIpc) is 2.61. The minimum absolute atomic E-state index is 0.0367. The number of anilines is 1. The van der Waals surface area contributed by atoms with Gasteiger partial charge in [-0.25, -0.2) is 0 Å². The third kappa shape index (κ3) is 5.84. The van der Waals surface area contributed by atoms with Crippen LogP contribution in [0.2, 0.25) is 0 Å². The molecule has 0 saturated carbocycles. The molecule has 136 valence electrons. The molecule has 0 saturated heterocycles. The van der Waals surface area contributed by atoms with Crippen LogP contribution >= 0.6 is 0 Å². The Morgan fingerprint density at radius 2 is 1.62 bits per heavy atom. The number of Topliss-reactive ketones (excluding diaryl/α,β-unsaturated/α-hetero) is 1. The third-order valence-electron chi connectivity index (χ3n) is 4.14. The van der Waals surface area contributed by atoms with Gasteiger partial charge in [-0.2, -0.15) is 0 Å². The van der Waals surface area contributed by atoms with Crippen molar-refractivity contribution in [2.45, 2.75) is 39.5 Å². The zero-order chi connectivity index (χ0) is 19.1. The van der Waals surface area contributed by atoms with E-state index in [1.807, 2.05) is 32.0 Å². The summed E-state index contributed by atoms with van der Waals surface area (Å²) in [6, 6.07) is 12.8. The number of carboxylic acid groups (broad SMARTS) is 1. The quantitative estimate of drug-likeness (QED) is 0.705. The maximum atomic E-state index is 12.3. The number of rotatable bonds is 8. The molecule has 0 aromatic heterocycles. The molecule has 0 aliphatic heterocycles. The molecular formula is C21H23NO4. The van der Waals surface area contributed by atoms with E-state index in [-0.39, 0.29) is 31.0 Å². The maximum absolute atomic E-state index is 12.3. The molecule has 0 radical (unpaired) electrons. The molecule has 5 nitrogen and oxygen atoms in total. The SMILES string of the molecule is Cc1ccc(C)c(C(=O)CCC(=O)Nc2ccc(CCC(=O)O)cc2)c1. The molecule has 0 spiro atoms. The zero-order valence-electron chi connectivity index (χ0n) is 15.0. The summed E-state index contributed by atoms with van der Waals surface area (Å²) >= 11 is 0. The van der Waals surface area contributed by atoms with Gasteiger partial charge in [0.25, 0.3) is 0 Å². The highest BCUT2D eigenvalue weighted by molar-refractivity contribution is 6.01. The number of aryl methyl sites for hydroxylation is 3. The summed E-state index contributed by atoms with van der Waals surface area (Å²) in [4.78, 5) is 34.9. The van der Waals surface area contributed by atoms with Gasteiger partial charge in [-0.1, -0.05) is 29.8 Å². The predicted molar refractivity (Wildman–Crippen MR) is 101 cm³/mol. The fraction of sp³-hybridized carbons (Fsp3) is 0.286. The Balaban J connectivity index is 1.85. The van der Waals surface area contributed by atoms with Gasteiger partial charge in [0.05, 0.1) is 0 Å². The second kappa shape index (κ2) is 8.94. The number of benzene rings is 2. The lowest BCUT2D eigenvalue weighted by atomic mass is 9.99. The Bertz CT molecular complexity index is 809. The standard InChI is InChI=1S/C21H23NO4/c1-14-3-4-15(2)18(13-14)19(23)10-11-20(24)22-17-8-5-16(6-9-17)7-12-21(25)26/h3-6,8-9,13H,7,10-12H2,1-2H3,(H,22,24)(H,25,26). The zero-order valence-corrected chi connectivity index (χ0v) is 15.0. The normalized spacial score (nSPS) is 10.4. The number of carboxylic acids is 1. The molecular weight excluding hydrogens is 330 g/mol. The molecule has 0 aliphatic carbocycles.